The molecule has 0 saturated carbocycles. The van der Waals surface area contributed by atoms with E-state index in [1.165, 1.54) is 10.6 Å². The molecule has 0 aromatic heterocycles. The molecule has 2 aromatic rings. The van der Waals surface area contributed by atoms with Crippen LogP contribution >= 0.6 is 0 Å². The monoisotopic (exact) mass is 349 g/mol. The summed E-state index contributed by atoms with van der Waals surface area (Å²) in [6.07, 6.45) is 0.340. The number of nitrogens with one attached hydrogen (secondary N) is 1. The van der Waals surface area contributed by atoms with E-state index in [-0.39, 0.29) is 17.2 Å². The van der Waals surface area contributed by atoms with Gasteiger partial charge in [0.05, 0.1) is 12.1 Å². The van der Waals surface area contributed by atoms with Crippen LogP contribution in [0.1, 0.15) is 50.0 Å². The molecule has 0 spiro atoms. The van der Waals surface area contributed by atoms with Gasteiger partial charge in [-0.3, -0.25) is 9.59 Å². The SMILES string of the molecule is CC1=NN(c2ccc(C(=O)Nc3ccc(C(C)(C)C)cc3)cc2)C(=O)C1. The van der Waals surface area contributed by atoms with Crippen molar-refractivity contribution in [1.82, 2.24) is 0 Å². The fourth-order valence-electron chi connectivity index (χ4n) is 2.77. The highest BCUT2D eigenvalue weighted by Gasteiger charge is 2.22. The predicted octanol–water partition coefficient (Wildman–Crippen LogP) is 4.35. The third-order valence-electron chi connectivity index (χ3n) is 4.30. The fourth-order valence-corrected chi connectivity index (χ4v) is 2.77. The number of rotatable bonds is 3. The van der Waals surface area contributed by atoms with Crippen LogP contribution in [0.2, 0.25) is 0 Å². The number of hydrazone groups is 1. The van der Waals surface area contributed by atoms with E-state index in [0.29, 0.717) is 17.7 Å². The molecule has 1 aliphatic rings. The maximum atomic E-state index is 12.4. The molecule has 0 aliphatic carbocycles. The van der Waals surface area contributed by atoms with Crippen molar-refractivity contribution in [3.8, 4) is 0 Å². The second kappa shape index (κ2) is 6.75. The number of anilines is 2. The van der Waals surface area contributed by atoms with Crippen molar-refractivity contribution in [2.75, 3.05) is 10.3 Å². The summed E-state index contributed by atoms with van der Waals surface area (Å²) >= 11 is 0. The van der Waals surface area contributed by atoms with E-state index in [0.717, 1.165) is 11.4 Å². The van der Waals surface area contributed by atoms with Crippen LogP contribution in [0, 0.1) is 0 Å². The largest absolute Gasteiger partial charge is 0.322 e. The molecule has 5 nitrogen and oxygen atoms in total. The molecule has 0 bridgehead atoms. The van der Waals surface area contributed by atoms with Crippen LogP contribution in [-0.2, 0) is 10.2 Å². The van der Waals surface area contributed by atoms with Gasteiger partial charge in [-0.25, -0.2) is 5.01 Å². The molecule has 5 heteroatoms. The average molecular weight is 349 g/mol. The summed E-state index contributed by atoms with van der Waals surface area (Å²) in [5, 5.41) is 8.48. The molecule has 0 saturated heterocycles. The Morgan fingerprint density at radius 1 is 1.04 bits per heavy atom. The molecule has 134 valence electrons. The van der Waals surface area contributed by atoms with Crippen molar-refractivity contribution in [2.24, 2.45) is 5.10 Å². The number of carbonyl (C=O) groups excluding carboxylic acids is 2. The van der Waals surface area contributed by atoms with Crippen LogP contribution in [0.15, 0.2) is 53.6 Å². The van der Waals surface area contributed by atoms with Crippen molar-refractivity contribution in [2.45, 2.75) is 39.5 Å². The maximum Gasteiger partial charge on any atom is 0.255 e. The van der Waals surface area contributed by atoms with E-state index in [1.807, 2.05) is 31.2 Å². The smallest absolute Gasteiger partial charge is 0.255 e. The highest BCUT2D eigenvalue weighted by atomic mass is 16.2. The van der Waals surface area contributed by atoms with Crippen LogP contribution in [0.25, 0.3) is 0 Å². The Bertz CT molecular complexity index is 860. The number of carbonyl (C=O) groups is 2. The lowest BCUT2D eigenvalue weighted by atomic mass is 9.87. The predicted molar refractivity (Wildman–Crippen MR) is 105 cm³/mol. The van der Waals surface area contributed by atoms with Gasteiger partial charge in [-0.15, -0.1) is 0 Å². The van der Waals surface area contributed by atoms with Gasteiger partial charge in [-0.2, -0.15) is 5.10 Å². The Morgan fingerprint density at radius 3 is 2.15 bits per heavy atom. The first kappa shape index (κ1) is 17.9. The molecule has 2 amide bonds. The Labute approximate surface area is 153 Å². The summed E-state index contributed by atoms with van der Waals surface area (Å²) in [4.78, 5) is 24.3. The van der Waals surface area contributed by atoms with Gasteiger partial charge < -0.3 is 5.32 Å². The summed E-state index contributed by atoms with van der Waals surface area (Å²) in [5.74, 6) is -0.244. The maximum absolute atomic E-state index is 12.4. The lowest BCUT2D eigenvalue weighted by Gasteiger charge is -2.19. The zero-order valence-corrected chi connectivity index (χ0v) is 15.5. The zero-order valence-electron chi connectivity index (χ0n) is 15.5. The van der Waals surface area contributed by atoms with Crippen molar-refractivity contribution in [3.05, 3.63) is 59.7 Å². The minimum Gasteiger partial charge on any atom is -0.322 e. The fraction of sp³-hybridized carbons (Fsp3) is 0.286. The van der Waals surface area contributed by atoms with E-state index in [2.05, 4.69) is 31.2 Å². The molecule has 2 aromatic carbocycles. The van der Waals surface area contributed by atoms with E-state index in [9.17, 15) is 9.59 Å². The number of benzene rings is 2. The van der Waals surface area contributed by atoms with Gasteiger partial charge in [0, 0.05) is 17.0 Å². The first-order chi connectivity index (χ1) is 12.2. The van der Waals surface area contributed by atoms with E-state index >= 15 is 0 Å². The van der Waals surface area contributed by atoms with Gasteiger partial charge in [0.25, 0.3) is 11.8 Å². The quantitative estimate of drug-likeness (QED) is 0.895. The Kier molecular flexibility index (Phi) is 4.64. The molecule has 0 fully saturated rings. The van der Waals surface area contributed by atoms with Crippen LogP contribution in [-0.4, -0.2) is 17.5 Å². The summed E-state index contributed by atoms with van der Waals surface area (Å²) in [6, 6.07) is 14.7. The number of nitrogens with zero attached hydrogens (tertiary/aromatic N) is 2. The summed E-state index contributed by atoms with van der Waals surface area (Å²) in [6.45, 7) is 8.28. The molecule has 1 N–H and O–H groups in total. The Balaban J connectivity index is 1.70. The first-order valence-electron chi connectivity index (χ1n) is 8.63. The lowest BCUT2D eigenvalue weighted by molar-refractivity contribution is -0.116. The summed E-state index contributed by atoms with van der Waals surface area (Å²) in [5.41, 5.74) is 4.02. The third kappa shape index (κ3) is 3.82. The Morgan fingerprint density at radius 2 is 1.65 bits per heavy atom. The first-order valence-corrected chi connectivity index (χ1v) is 8.63. The molecule has 0 unspecified atom stereocenters. The lowest BCUT2D eigenvalue weighted by Crippen LogP contribution is -2.19. The normalized spacial score (nSPS) is 14.4. The van der Waals surface area contributed by atoms with E-state index in [4.69, 9.17) is 0 Å². The zero-order chi connectivity index (χ0) is 18.9. The van der Waals surface area contributed by atoms with Crippen molar-refractivity contribution >= 4 is 28.9 Å². The molecule has 26 heavy (non-hydrogen) atoms. The minimum absolute atomic E-state index is 0.0568. The third-order valence-corrected chi connectivity index (χ3v) is 4.30. The van der Waals surface area contributed by atoms with Gasteiger partial charge >= 0.3 is 0 Å². The summed E-state index contributed by atoms with van der Waals surface area (Å²) in [7, 11) is 0. The summed E-state index contributed by atoms with van der Waals surface area (Å²) < 4.78 is 0. The van der Waals surface area contributed by atoms with Gasteiger partial charge in [-0.1, -0.05) is 32.9 Å². The highest BCUT2D eigenvalue weighted by molar-refractivity contribution is 6.12. The molecule has 1 aliphatic heterocycles. The molecular weight excluding hydrogens is 326 g/mol. The highest BCUT2D eigenvalue weighted by Crippen LogP contribution is 2.24. The van der Waals surface area contributed by atoms with Crippen molar-refractivity contribution < 1.29 is 9.59 Å². The van der Waals surface area contributed by atoms with Crippen LogP contribution in [0.3, 0.4) is 0 Å². The standard InChI is InChI=1S/C21H23N3O2/c1-14-13-19(25)24(23-14)18-11-5-15(6-12-18)20(26)22-17-9-7-16(8-10-17)21(2,3)4/h5-12H,13H2,1-4H3,(H,22,26). The van der Waals surface area contributed by atoms with E-state index in [1.54, 1.807) is 24.3 Å². The second-order valence-corrected chi connectivity index (χ2v) is 7.55. The van der Waals surface area contributed by atoms with Gasteiger partial charge in [0.15, 0.2) is 0 Å². The second-order valence-electron chi connectivity index (χ2n) is 7.55. The topological polar surface area (TPSA) is 61.8 Å². The Hall–Kier alpha value is -2.95. The molecule has 3 rings (SSSR count). The number of hydrogen-bond acceptors (Lipinski definition) is 3. The van der Waals surface area contributed by atoms with E-state index < -0.39 is 0 Å². The molecule has 0 radical (unpaired) electrons. The van der Waals surface area contributed by atoms with Crippen molar-refractivity contribution in [3.63, 3.8) is 0 Å². The minimum atomic E-state index is -0.188. The number of amides is 2. The molecular formula is C21H23N3O2. The van der Waals surface area contributed by atoms with Gasteiger partial charge in [0.1, 0.15) is 0 Å². The average Bonchev–Trinajstić information content (AvgIpc) is 2.93. The molecule has 1 heterocycles. The van der Waals surface area contributed by atoms with Crippen LogP contribution in [0.5, 0.6) is 0 Å². The number of hydrogen-bond donors (Lipinski definition) is 1. The van der Waals surface area contributed by atoms with Crippen molar-refractivity contribution in [1.29, 1.82) is 0 Å². The van der Waals surface area contributed by atoms with Crippen LogP contribution in [0.4, 0.5) is 11.4 Å². The van der Waals surface area contributed by atoms with Gasteiger partial charge in [-0.05, 0) is 54.3 Å². The molecule has 0 atom stereocenters. The van der Waals surface area contributed by atoms with Gasteiger partial charge in [0.2, 0.25) is 0 Å². The van der Waals surface area contributed by atoms with Crippen LogP contribution < -0.4 is 10.3 Å².